The first-order valence-corrected chi connectivity index (χ1v) is 0.612. The van der Waals surface area contributed by atoms with Gasteiger partial charge in [-0.1, -0.05) is 0 Å². The van der Waals surface area contributed by atoms with Gasteiger partial charge >= 0.3 is 46.6 Å². The van der Waals surface area contributed by atoms with Gasteiger partial charge in [-0.3, -0.25) is 0 Å². The Bertz CT molecular complexity index is 31.1. The Hall–Kier alpha value is 0.385. The van der Waals surface area contributed by atoms with Gasteiger partial charge in [0, 0.05) is 0 Å². The number of hydrogen-bond donors (Lipinski definition) is 0. The third-order valence-corrected chi connectivity index (χ3v) is 0. The van der Waals surface area contributed by atoms with Crippen LogP contribution in [0.5, 0.6) is 0 Å². The summed E-state index contributed by atoms with van der Waals surface area (Å²) in [6.07, 6.45) is -2.33. The predicted molar refractivity (Wildman–Crippen MR) is 6.77 cm³/mol. The zero-order chi connectivity index (χ0) is 3.58. The van der Waals surface area contributed by atoms with Gasteiger partial charge in [-0.15, -0.1) is 0 Å². The summed E-state index contributed by atoms with van der Waals surface area (Å²) in [6.45, 7) is 0. The average Bonchev–Trinajstić information content (AvgIpc) is 0.811. The molecule has 8 radical (unpaired) electrons. The zero-order valence-electron chi connectivity index (χ0n) is 3.12. The van der Waals surface area contributed by atoms with E-state index in [0.717, 1.165) is 0 Å². The van der Waals surface area contributed by atoms with Crippen molar-refractivity contribution in [3.8, 4) is 0 Å². The van der Waals surface area contributed by atoms with Crippen LogP contribution >= 0.6 is 0 Å². The fourth-order valence-corrected chi connectivity index (χ4v) is 0. The molecule has 0 heterocycles. The Labute approximate surface area is 67.6 Å². The molecule has 0 amide bonds. The average molecular weight is 231 g/mol. The van der Waals surface area contributed by atoms with Gasteiger partial charge in [0.05, 0.1) is 0 Å². The Morgan fingerprint density at radius 2 is 1.14 bits per heavy atom. The van der Waals surface area contributed by atoms with Crippen LogP contribution in [0.15, 0.2) is 0 Å². The first-order valence-electron chi connectivity index (χ1n) is 0.612. The van der Waals surface area contributed by atoms with E-state index in [2.05, 4.69) is 0 Å². The second-order valence-electron chi connectivity index (χ2n) is 0.250. The summed E-state index contributed by atoms with van der Waals surface area (Å²) >= 11 is 0. The number of rotatable bonds is 0. The molecule has 0 saturated carbocycles. The number of carboxylic acid groups (broad SMARTS) is 2. The largest absolute Gasteiger partial charge is 3.00 e. The summed E-state index contributed by atoms with van der Waals surface area (Å²) < 4.78 is 0. The van der Waals surface area contributed by atoms with Crippen LogP contribution in [0.3, 0.4) is 0 Å². The van der Waals surface area contributed by atoms with Crippen molar-refractivity contribution in [1.29, 1.82) is 0 Å². The van der Waals surface area contributed by atoms with E-state index in [9.17, 15) is 0 Å². The van der Waals surface area contributed by atoms with Crippen LogP contribution in [-0.2, 0) is 11.0 Å². The second-order valence-corrected chi connectivity index (χ2v) is 0.250. The minimum atomic E-state index is -2.33. The van der Waals surface area contributed by atoms with Crippen molar-refractivity contribution in [3.63, 3.8) is 0 Å². The SMILES string of the molecule is O=C([O-])[O-].[La+3].[O+2].[O+2]. The van der Waals surface area contributed by atoms with Crippen molar-refractivity contribution in [3.05, 3.63) is 0 Å². The molecule has 5 nitrogen and oxygen atoms in total. The monoisotopic (exact) mass is 231 g/mol. The van der Waals surface area contributed by atoms with Crippen LogP contribution in [0.1, 0.15) is 0 Å². The summed E-state index contributed by atoms with van der Waals surface area (Å²) in [5.74, 6) is 0. The molecule has 0 rings (SSSR count). The molecule has 32 valence electrons. The third-order valence-electron chi connectivity index (χ3n) is 0. The molecule has 0 aliphatic heterocycles. The summed E-state index contributed by atoms with van der Waals surface area (Å²) in [5.41, 5.74) is 0. The van der Waals surface area contributed by atoms with Crippen LogP contribution in [0, 0.1) is 35.6 Å². The maximum atomic E-state index is 8.33. The molecule has 0 aliphatic rings. The molecule has 0 N–H and O–H groups in total. The number of carbonyl (C=O) groups excluding carboxylic acids is 1. The molecule has 0 saturated heterocycles. The molecule has 0 unspecified atom stereocenters. The molecule has 7 heavy (non-hydrogen) atoms. The molecule has 0 bridgehead atoms. The predicted octanol–water partition coefficient (Wildman–Crippen LogP) is -2.68. The first-order chi connectivity index (χ1) is 1.73. The molecule has 0 fully saturated rings. The van der Waals surface area contributed by atoms with Gasteiger partial charge in [0.1, 0.15) is 0 Å². The van der Waals surface area contributed by atoms with Crippen LogP contribution in [0.2, 0.25) is 0 Å². The Balaban J connectivity index is -0.0000000150. The maximum Gasteiger partial charge on any atom is 3.00 e. The fourth-order valence-electron chi connectivity index (χ4n) is 0. The van der Waals surface area contributed by atoms with Crippen LogP contribution in [0.25, 0.3) is 0 Å². The Morgan fingerprint density at radius 3 is 1.14 bits per heavy atom. The molecule has 0 spiro atoms. The van der Waals surface area contributed by atoms with Crippen LogP contribution in [0.4, 0.5) is 4.79 Å². The first kappa shape index (κ1) is 26.3. The summed E-state index contributed by atoms with van der Waals surface area (Å²) in [7, 11) is 0. The van der Waals surface area contributed by atoms with E-state index in [-0.39, 0.29) is 46.6 Å². The zero-order valence-corrected chi connectivity index (χ0v) is 6.74. The normalized spacial score (nSPS) is 3.43. The van der Waals surface area contributed by atoms with E-state index in [1.807, 2.05) is 0 Å². The van der Waals surface area contributed by atoms with E-state index >= 15 is 0 Å². The summed E-state index contributed by atoms with van der Waals surface area (Å²) in [6, 6.07) is 0. The van der Waals surface area contributed by atoms with Gasteiger partial charge in [-0.25, -0.2) is 0 Å². The van der Waals surface area contributed by atoms with Gasteiger partial charge in [0.2, 0.25) is 0 Å². The smallest absolute Gasteiger partial charge is 0.652 e. The van der Waals surface area contributed by atoms with Crippen molar-refractivity contribution < 1.29 is 61.6 Å². The van der Waals surface area contributed by atoms with Crippen molar-refractivity contribution >= 4 is 6.16 Å². The van der Waals surface area contributed by atoms with E-state index in [1.165, 1.54) is 0 Å². The molecule has 0 aromatic rings. The summed E-state index contributed by atoms with van der Waals surface area (Å²) in [4.78, 5) is 8.33. The molecule has 0 aromatic heterocycles. The Morgan fingerprint density at radius 1 is 1.14 bits per heavy atom. The van der Waals surface area contributed by atoms with Gasteiger partial charge in [-0.2, -0.15) is 0 Å². The standard InChI is InChI=1S/CH2O3.La.2O/c2-1(3)4;;;/h(H2,2,3,4);;;/q;+3;2*+2/p-2. The molecule has 0 aromatic carbocycles. The van der Waals surface area contributed by atoms with Crippen LogP contribution in [-0.4, -0.2) is 6.16 Å². The van der Waals surface area contributed by atoms with Gasteiger partial charge in [0.15, 0.2) is 0 Å². The third kappa shape index (κ3) is 829. The topological polar surface area (TPSA) is 120 Å². The second kappa shape index (κ2) is 16.2. The maximum absolute atomic E-state index is 8.33. The van der Waals surface area contributed by atoms with Crippen molar-refractivity contribution in [2.24, 2.45) is 0 Å². The fraction of sp³-hybridized carbons (Fsp3) is 0. The van der Waals surface area contributed by atoms with Crippen LogP contribution < -0.4 is 10.2 Å². The number of hydrogen-bond acceptors (Lipinski definition) is 3. The molecular weight excluding hydrogens is 231 g/mol. The molecule has 6 heteroatoms. The minimum absolute atomic E-state index is 0. The molecule has 0 atom stereocenters. The van der Waals surface area contributed by atoms with Crippen molar-refractivity contribution in [2.45, 2.75) is 0 Å². The van der Waals surface area contributed by atoms with Gasteiger partial charge < -0.3 is 15.0 Å². The van der Waals surface area contributed by atoms with Crippen molar-refractivity contribution in [2.75, 3.05) is 0 Å². The van der Waals surface area contributed by atoms with Gasteiger partial charge in [0.25, 0.3) is 0 Å². The van der Waals surface area contributed by atoms with E-state index < -0.39 is 6.16 Å². The van der Waals surface area contributed by atoms with Gasteiger partial charge in [-0.05, 0) is 6.16 Å². The number of carbonyl (C=O) groups is 1. The molecular formula is CLaO5+5. The quantitative estimate of drug-likeness (QED) is 0.451. The minimum Gasteiger partial charge on any atom is -0.652 e. The Kier molecular flexibility index (Phi) is 60.7. The van der Waals surface area contributed by atoms with E-state index in [4.69, 9.17) is 15.0 Å². The van der Waals surface area contributed by atoms with E-state index in [0.29, 0.717) is 0 Å². The van der Waals surface area contributed by atoms with Crippen molar-refractivity contribution in [1.82, 2.24) is 0 Å². The van der Waals surface area contributed by atoms with E-state index in [1.54, 1.807) is 0 Å². The summed E-state index contributed by atoms with van der Waals surface area (Å²) in [5, 5.41) is 16.7. The molecule has 0 aliphatic carbocycles.